The topological polar surface area (TPSA) is 98.5 Å². The summed E-state index contributed by atoms with van der Waals surface area (Å²) < 4.78 is 38.5. The lowest BCUT2D eigenvalue weighted by Gasteiger charge is -2.19. The van der Waals surface area contributed by atoms with E-state index in [2.05, 4.69) is 0 Å². The molecule has 20 heavy (non-hydrogen) atoms. The number of carboxylic acid groups (broad SMARTS) is 1. The predicted octanol–water partition coefficient (Wildman–Crippen LogP) is 1.04. The second-order valence-electron chi connectivity index (χ2n) is 4.28. The molecular weight excluding hydrogens is 287 g/mol. The molecule has 0 aliphatic heterocycles. The monoisotopic (exact) mass is 300 g/mol. The van der Waals surface area contributed by atoms with E-state index in [1.54, 1.807) is 6.07 Å². The van der Waals surface area contributed by atoms with E-state index in [1.807, 2.05) is 0 Å². The van der Waals surface area contributed by atoms with E-state index >= 15 is 0 Å². The van der Waals surface area contributed by atoms with Crippen LogP contribution in [0.15, 0.2) is 23.1 Å². The summed E-state index contributed by atoms with van der Waals surface area (Å²) in [6.45, 7) is 1.13. The van der Waals surface area contributed by atoms with Gasteiger partial charge in [0.2, 0.25) is 10.0 Å². The van der Waals surface area contributed by atoms with Crippen LogP contribution in [0.25, 0.3) is 0 Å². The predicted molar refractivity (Wildman–Crippen MR) is 67.7 cm³/mol. The van der Waals surface area contributed by atoms with Gasteiger partial charge in [0, 0.05) is 13.6 Å². The molecule has 0 amide bonds. The fourth-order valence-corrected chi connectivity index (χ4v) is 2.76. The van der Waals surface area contributed by atoms with Crippen LogP contribution in [0, 0.1) is 23.1 Å². The van der Waals surface area contributed by atoms with Gasteiger partial charge < -0.3 is 5.11 Å². The van der Waals surface area contributed by atoms with Crippen molar-refractivity contribution >= 4 is 16.0 Å². The Hall–Kier alpha value is -1.98. The van der Waals surface area contributed by atoms with Crippen molar-refractivity contribution < 1.29 is 22.7 Å². The van der Waals surface area contributed by atoms with Gasteiger partial charge in [-0.2, -0.15) is 5.26 Å². The zero-order valence-corrected chi connectivity index (χ0v) is 11.7. The highest BCUT2D eigenvalue weighted by Gasteiger charge is 2.25. The molecule has 108 valence electrons. The van der Waals surface area contributed by atoms with Crippen molar-refractivity contribution in [3.8, 4) is 6.07 Å². The van der Waals surface area contributed by atoms with Crippen LogP contribution in [-0.2, 0) is 14.8 Å². The highest BCUT2D eigenvalue weighted by Crippen LogP contribution is 2.18. The number of nitriles is 1. The summed E-state index contributed by atoms with van der Waals surface area (Å²) in [5.74, 6) is -2.95. The molecule has 0 heterocycles. The Bertz CT molecular complexity index is 667. The van der Waals surface area contributed by atoms with Crippen molar-refractivity contribution in [3.63, 3.8) is 0 Å². The Morgan fingerprint density at radius 1 is 1.55 bits per heavy atom. The standard InChI is InChI=1S/C12H13FN2O4S/c1-8(12(16)17)7-15(2)20(18,19)10-4-3-9(6-14)11(13)5-10/h3-5,8H,7H2,1-2H3,(H,16,17). The molecule has 0 radical (unpaired) electrons. The van der Waals surface area contributed by atoms with E-state index in [-0.39, 0.29) is 17.0 Å². The first kappa shape index (κ1) is 16.1. The summed E-state index contributed by atoms with van der Waals surface area (Å²) in [5.41, 5.74) is -0.259. The van der Waals surface area contributed by atoms with E-state index < -0.39 is 27.7 Å². The van der Waals surface area contributed by atoms with Crippen molar-refractivity contribution in [1.29, 1.82) is 5.26 Å². The molecule has 0 aromatic heterocycles. The molecule has 8 heteroatoms. The highest BCUT2D eigenvalue weighted by molar-refractivity contribution is 7.89. The molecule has 0 aliphatic carbocycles. The lowest BCUT2D eigenvalue weighted by Crippen LogP contribution is -2.33. The number of halogens is 1. The molecule has 6 nitrogen and oxygen atoms in total. The van der Waals surface area contributed by atoms with Crippen molar-refractivity contribution in [2.75, 3.05) is 13.6 Å². The molecule has 0 aliphatic rings. The average molecular weight is 300 g/mol. The fraction of sp³-hybridized carbons (Fsp3) is 0.333. The molecule has 0 fully saturated rings. The van der Waals surface area contributed by atoms with Gasteiger partial charge in [-0.25, -0.2) is 17.1 Å². The quantitative estimate of drug-likeness (QED) is 0.876. The van der Waals surface area contributed by atoms with Crippen molar-refractivity contribution in [1.82, 2.24) is 4.31 Å². The molecule has 0 spiro atoms. The Balaban J connectivity index is 3.08. The number of nitrogens with zero attached hydrogens (tertiary/aromatic N) is 2. The van der Waals surface area contributed by atoms with Crippen LogP contribution in [0.4, 0.5) is 4.39 Å². The smallest absolute Gasteiger partial charge is 0.307 e. The van der Waals surface area contributed by atoms with Crippen LogP contribution in [0.1, 0.15) is 12.5 Å². The normalized spacial score (nSPS) is 12.9. The number of hydrogen-bond acceptors (Lipinski definition) is 4. The van der Waals surface area contributed by atoms with Gasteiger partial charge in [-0.05, 0) is 18.2 Å². The zero-order valence-electron chi connectivity index (χ0n) is 10.9. The van der Waals surface area contributed by atoms with E-state index in [0.717, 1.165) is 22.5 Å². The van der Waals surface area contributed by atoms with Crippen molar-refractivity contribution in [2.24, 2.45) is 5.92 Å². The molecule has 1 unspecified atom stereocenters. The minimum atomic E-state index is -3.99. The SMILES string of the molecule is CC(CN(C)S(=O)(=O)c1ccc(C#N)c(F)c1)C(=O)O. The van der Waals surface area contributed by atoms with Crippen LogP contribution < -0.4 is 0 Å². The summed E-state index contributed by atoms with van der Waals surface area (Å²) >= 11 is 0. The fourth-order valence-electron chi connectivity index (χ4n) is 1.49. The third kappa shape index (κ3) is 3.31. The van der Waals surface area contributed by atoms with Crippen LogP contribution in [-0.4, -0.2) is 37.4 Å². The lowest BCUT2D eigenvalue weighted by atomic mass is 10.2. The average Bonchev–Trinajstić information content (AvgIpc) is 2.38. The summed E-state index contributed by atoms with van der Waals surface area (Å²) in [6, 6.07) is 4.51. The third-order valence-electron chi connectivity index (χ3n) is 2.72. The van der Waals surface area contributed by atoms with Crippen LogP contribution in [0.5, 0.6) is 0 Å². The molecule has 1 N–H and O–H groups in total. The Morgan fingerprint density at radius 2 is 2.15 bits per heavy atom. The van der Waals surface area contributed by atoms with E-state index in [4.69, 9.17) is 10.4 Å². The van der Waals surface area contributed by atoms with Gasteiger partial charge in [0.15, 0.2) is 0 Å². The van der Waals surface area contributed by atoms with Gasteiger partial charge in [0.05, 0.1) is 16.4 Å². The largest absolute Gasteiger partial charge is 0.481 e. The highest BCUT2D eigenvalue weighted by atomic mass is 32.2. The molecule has 0 saturated heterocycles. The molecule has 1 rings (SSSR count). The summed E-state index contributed by atoms with van der Waals surface area (Å²) in [7, 11) is -2.78. The summed E-state index contributed by atoms with van der Waals surface area (Å²) in [4.78, 5) is 10.4. The first-order chi connectivity index (χ1) is 9.20. The van der Waals surface area contributed by atoms with Gasteiger partial charge in [-0.3, -0.25) is 4.79 Å². The Labute approximate surface area is 116 Å². The second-order valence-corrected chi connectivity index (χ2v) is 6.32. The Kier molecular flexibility index (Phi) is 4.81. The third-order valence-corrected chi connectivity index (χ3v) is 4.54. The van der Waals surface area contributed by atoms with Gasteiger partial charge >= 0.3 is 5.97 Å². The minimum absolute atomic E-state index is 0.237. The van der Waals surface area contributed by atoms with E-state index in [1.165, 1.54) is 14.0 Å². The number of carboxylic acids is 1. The van der Waals surface area contributed by atoms with Crippen molar-refractivity contribution in [3.05, 3.63) is 29.6 Å². The number of carbonyl (C=O) groups is 1. The van der Waals surface area contributed by atoms with Crippen LogP contribution in [0.3, 0.4) is 0 Å². The van der Waals surface area contributed by atoms with Gasteiger partial charge in [-0.1, -0.05) is 6.92 Å². The molecule has 1 aromatic carbocycles. The number of sulfonamides is 1. The number of hydrogen-bond donors (Lipinski definition) is 1. The zero-order chi connectivity index (χ0) is 15.5. The first-order valence-corrected chi connectivity index (χ1v) is 7.03. The maximum atomic E-state index is 13.4. The second kappa shape index (κ2) is 5.98. The van der Waals surface area contributed by atoms with Crippen LogP contribution in [0.2, 0.25) is 0 Å². The lowest BCUT2D eigenvalue weighted by molar-refractivity contribution is -0.141. The van der Waals surface area contributed by atoms with E-state index in [9.17, 15) is 17.6 Å². The molecule has 0 bridgehead atoms. The summed E-state index contributed by atoms with van der Waals surface area (Å²) in [6.07, 6.45) is 0. The van der Waals surface area contributed by atoms with Gasteiger partial charge in [0.25, 0.3) is 0 Å². The first-order valence-electron chi connectivity index (χ1n) is 5.59. The number of benzene rings is 1. The van der Waals surface area contributed by atoms with Crippen LogP contribution >= 0.6 is 0 Å². The molecule has 1 aromatic rings. The molecule has 1 atom stereocenters. The molecular formula is C12H13FN2O4S. The maximum Gasteiger partial charge on any atom is 0.307 e. The Morgan fingerprint density at radius 3 is 2.60 bits per heavy atom. The summed E-state index contributed by atoms with van der Waals surface area (Å²) in [5, 5.41) is 17.3. The molecule has 0 saturated carbocycles. The van der Waals surface area contributed by atoms with Gasteiger partial charge in [0.1, 0.15) is 11.9 Å². The number of rotatable bonds is 5. The number of aliphatic carboxylic acids is 1. The van der Waals surface area contributed by atoms with Gasteiger partial charge in [-0.15, -0.1) is 0 Å². The van der Waals surface area contributed by atoms with Crippen molar-refractivity contribution in [2.45, 2.75) is 11.8 Å². The van der Waals surface area contributed by atoms with E-state index in [0.29, 0.717) is 0 Å². The maximum absolute atomic E-state index is 13.4. The minimum Gasteiger partial charge on any atom is -0.481 e.